The molecule has 0 radical (unpaired) electrons. The van der Waals surface area contributed by atoms with Gasteiger partial charge >= 0.3 is 5.97 Å². The molecular formula is C13H13NO3. The van der Waals surface area contributed by atoms with Crippen LogP contribution >= 0.6 is 0 Å². The summed E-state index contributed by atoms with van der Waals surface area (Å²) < 4.78 is 0. The fourth-order valence-electron chi connectivity index (χ4n) is 2.67. The Bertz CT molecular complexity index is 474. The van der Waals surface area contributed by atoms with Gasteiger partial charge in [-0.2, -0.15) is 0 Å². The van der Waals surface area contributed by atoms with Crippen molar-refractivity contribution in [3.8, 4) is 0 Å². The molecule has 0 aromatic heterocycles. The second-order valence-electron chi connectivity index (χ2n) is 4.84. The van der Waals surface area contributed by atoms with Crippen LogP contribution in [0.25, 0.3) is 0 Å². The number of hydrogen-bond donors (Lipinski definition) is 1. The number of carbonyl (C=O) groups is 2. The largest absolute Gasteiger partial charge is 0.478 e. The van der Waals surface area contributed by atoms with E-state index in [2.05, 4.69) is 0 Å². The lowest BCUT2D eigenvalue weighted by Crippen LogP contribution is -2.53. The van der Waals surface area contributed by atoms with Crippen LogP contribution in [0.2, 0.25) is 0 Å². The normalized spacial score (nSPS) is 26.6. The van der Waals surface area contributed by atoms with E-state index < -0.39 is 5.97 Å². The van der Waals surface area contributed by atoms with E-state index in [-0.39, 0.29) is 17.4 Å². The Morgan fingerprint density at radius 1 is 1.24 bits per heavy atom. The standard InChI is InChI=1S/C13H13NO3/c15-12-10-5-8(6-10)7-14(12)11-3-1-9(2-4-11)13(16)17/h1-4,8,10H,5-7H2,(H,16,17). The number of aromatic carboxylic acids is 1. The average molecular weight is 231 g/mol. The van der Waals surface area contributed by atoms with Crippen LogP contribution in [0.5, 0.6) is 0 Å². The number of rotatable bonds is 2. The van der Waals surface area contributed by atoms with Gasteiger partial charge in [-0.25, -0.2) is 4.79 Å². The van der Waals surface area contributed by atoms with Gasteiger partial charge in [0, 0.05) is 18.2 Å². The molecule has 1 aromatic carbocycles. The summed E-state index contributed by atoms with van der Waals surface area (Å²) >= 11 is 0. The highest BCUT2D eigenvalue weighted by Crippen LogP contribution is 2.41. The number of hydrogen-bond acceptors (Lipinski definition) is 2. The van der Waals surface area contributed by atoms with Crippen LogP contribution in [0.3, 0.4) is 0 Å². The molecule has 2 saturated heterocycles. The molecule has 1 N–H and O–H groups in total. The number of carboxylic acid groups (broad SMARTS) is 1. The maximum Gasteiger partial charge on any atom is 0.335 e. The van der Waals surface area contributed by atoms with Gasteiger partial charge in [-0.1, -0.05) is 0 Å². The van der Waals surface area contributed by atoms with Crippen LogP contribution in [0.4, 0.5) is 5.69 Å². The Labute approximate surface area is 98.9 Å². The predicted molar refractivity (Wildman–Crippen MR) is 62.0 cm³/mol. The zero-order valence-corrected chi connectivity index (χ0v) is 9.30. The molecular weight excluding hydrogens is 218 g/mol. The van der Waals surface area contributed by atoms with Gasteiger partial charge in [-0.05, 0) is 43.0 Å². The van der Waals surface area contributed by atoms with Crippen molar-refractivity contribution in [2.24, 2.45) is 11.8 Å². The van der Waals surface area contributed by atoms with E-state index >= 15 is 0 Å². The molecule has 3 aliphatic rings. The van der Waals surface area contributed by atoms with E-state index in [1.165, 1.54) is 0 Å². The quantitative estimate of drug-likeness (QED) is 0.843. The minimum Gasteiger partial charge on any atom is -0.478 e. The summed E-state index contributed by atoms with van der Waals surface area (Å²) in [6.45, 7) is 0.780. The molecule has 0 spiro atoms. The topological polar surface area (TPSA) is 57.6 Å². The minimum absolute atomic E-state index is 0.190. The van der Waals surface area contributed by atoms with E-state index in [1.54, 1.807) is 29.2 Å². The van der Waals surface area contributed by atoms with E-state index in [9.17, 15) is 9.59 Å². The number of benzene rings is 1. The van der Waals surface area contributed by atoms with Gasteiger partial charge in [0.15, 0.2) is 0 Å². The van der Waals surface area contributed by atoms with E-state index in [0.29, 0.717) is 5.92 Å². The first-order valence-corrected chi connectivity index (χ1v) is 5.80. The van der Waals surface area contributed by atoms with E-state index in [4.69, 9.17) is 5.11 Å². The fraction of sp³-hybridized carbons (Fsp3) is 0.385. The lowest BCUT2D eigenvalue weighted by atomic mass is 9.70. The SMILES string of the molecule is O=C(O)c1ccc(N2CC3CC(C3)C2=O)cc1. The first kappa shape index (κ1) is 10.3. The smallest absolute Gasteiger partial charge is 0.335 e. The molecule has 0 unspecified atom stereocenters. The van der Waals surface area contributed by atoms with E-state index in [0.717, 1.165) is 25.1 Å². The minimum atomic E-state index is -0.940. The summed E-state index contributed by atoms with van der Waals surface area (Å²) in [5.74, 6) is 0.0877. The Kier molecular flexibility index (Phi) is 2.18. The molecule has 4 heteroatoms. The summed E-state index contributed by atoms with van der Waals surface area (Å²) in [5.41, 5.74) is 1.07. The summed E-state index contributed by atoms with van der Waals surface area (Å²) in [6.07, 6.45) is 2.06. The number of fused-ring (bicyclic) bond motifs is 2. The van der Waals surface area contributed by atoms with Gasteiger partial charge < -0.3 is 10.0 Å². The lowest BCUT2D eigenvalue weighted by molar-refractivity contribution is -0.129. The second-order valence-corrected chi connectivity index (χ2v) is 4.84. The fourth-order valence-corrected chi connectivity index (χ4v) is 2.67. The highest BCUT2D eigenvalue weighted by molar-refractivity contribution is 5.97. The lowest BCUT2D eigenvalue weighted by Gasteiger charge is -2.46. The number of carbonyl (C=O) groups excluding carboxylic acids is 1. The third-order valence-corrected chi connectivity index (χ3v) is 3.72. The molecule has 17 heavy (non-hydrogen) atoms. The summed E-state index contributed by atoms with van der Waals surface area (Å²) in [4.78, 5) is 24.5. The molecule has 2 heterocycles. The van der Waals surface area contributed by atoms with Crippen LogP contribution in [-0.2, 0) is 4.79 Å². The monoisotopic (exact) mass is 231 g/mol. The first-order valence-electron chi connectivity index (χ1n) is 5.80. The molecule has 4 rings (SSSR count). The Morgan fingerprint density at radius 2 is 1.88 bits per heavy atom. The van der Waals surface area contributed by atoms with Crippen molar-refractivity contribution in [3.05, 3.63) is 29.8 Å². The van der Waals surface area contributed by atoms with E-state index in [1.807, 2.05) is 0 Å². The zero-order valence-electron chi connectivity index (χ0n) is 9.30. The summed E-state index contributed by atoms with van der Waals surface area (Å²) in [6, 6.07) is 6.52. The van der Waals surface area contributed by atoms with Crippen LogP contribution in [0.15, 0.2) is 24.3 Å². The zero-order chi connectivity index (χ0) is 12.0. The van der Waals surface area contributed by atoms with Gasteiger partial charge in [0.1, 0.15) is 0 Å². The highest BCUT2D eigenvalue weighted by atomic mass is 16.4. The van der Waals surface area contributed by atoms with Gasteiger partial charge in [0.2, 0.25) is 5.91 Å². The molecule has 1 amide bonds. The van der Waals surface area contributed by atoms with Gasteiger partial charge in [-0.3, -0.25) is 4.79 Å². The summed E-state index contributed by atoms with van der Waals surface area (Å²) in [5, 5.41) is 8.81. The molecule has 88 valence electrons. The third kappa shape index (κ3) is 1.60. The molecule has 1 saturated carbocycles. The third-order valence-electron chi connectivity index (χ3n) is 3.72. The van der Waals surface area contributed by atoms with Crippen molar-refractivity contribution in [3.63, 3.8) is 0 Å². The second kappa shape index (κ2) is 3.58. The molecule has 2 aliphatic heterocycles. The molecule has 0 atom stereocenters. The molecule has 1 aromatic rings. The van der Waals surface area contributed by atoms with Crippen molar-refractivity contribution in [2.75, 3.05) is 11.4 Å². The summed E-state index contributed by atoms with van der Waals surface area (Å²) in [7, 11) is 0. The molecule has 1 aliphatic carbocycles. The highest BCUT2D eigenvalue weighted by Gasteiger charge is 2.43. The van der Waals surface area contributed by atoms with Crippen molar-refractivity contribution in [1.29, 1.82) is 0 Å². The number of amides is 1. The van der Waals surface area contributed by atoms with Gasteiger partial charge in [0.05, 0.1) is 5.56 Å². The number of nitrogens with zero attached hydrogens (tertiary/aromatic N) is 1. The maximum absolute atomic E-state index is 12.0. The van der Waals surface area contributed by atoms with Crippen LogP contribution in [0.1, 0.15) is 23.2 Å². The molecule has 2 bridgehead atoms. The van der Waals surface area contributed by atoms with Gasteiger partial charge in [-0.15, -0.1) is 0 Å². The van der Waals surface area contributed by atoms with Crippen molar-refractivity contribution >= 4 is 17.6 Å². The van der Waals surface area contributed by atoms with Crippen LogP contribution < -0.4 is 4.90 Å². The Hall–Kier alpha value is -1.84. The van der Waals surface area contributed by atoms with Crippen LogP contribution in [-0.4, -0.2) is 23.5 Å². The molecule has 3 fully saturated rings. The van der Waals surface area contributed by atoms with Crippen molar-refractivity contribution < 1.29 is 14.7 Å². The van der Waals surface area contributed by atoms with Crippen LogP contribution in [0, 0.1) is 11.8 Å². The first-order chi connectivity index (χ1) is 8.15. The molecule has 4 nitrogen and oxygen atoms in total. The Morgan fingerprint density at radius 3 is 2.41 bits per heavy atom. The maximum atomic E-state index is 12.0. The van der Waals surface area contributed by atoms with Gasteiger partial charge in [0.25, 0.3) is 0 Å². The number of piperidine rings is 2. The van der Waals surface area contributed by atoms with Crippen molar-refractivity contribution in [1.82, 2.24) is 0 Å². The van der Waals surface area contributed by atoms with Crippen molar-refractivity contribution in [2.45, 2.75) is 12.8 Å². The predicted octanol–water partition coefficient (Wildman–Crippen LogP) is 1.76. The Balaban J connectivity index is 1.84. The number of anilines is 1. The average Bonchev–Trinajstić information content (AvgIpc) is 2.28. The number of carboxylic acids is 1.